The number of benzene rings is 1. The number of hydrogen-bond acceptors (Lipinski definition) is 3. The summed E-state index contributed by atoms with van der Waals surface area (Å²) in [5.74, 6) is 0.809. The van der Waals surface area contributed by atoms with Gasteiger partial charge in [-0.05, 0) is 36.5 Å². The Morgan fingerprint density at radius 1 is 1.47 bits per heavy atom. The Hall–Kier alpha value is -1.000. The molecule has 1 rings (SSSR count). The zero-order valence-electron chi connectivity index (χ0n) is 10.4. The Labute approximate surface area is 107 Å². The molecule has 17 heavy (non-hydrogen) atoms. The molecule has 0 radical (unpaired) electrons. The summed E-state index contributed by atoms with van der Waals surface area (Å²) in [5, 5.41) is 2.90. The molecule has 0 heterocycles. The van der Waals surface area contributed by atoms with E-state index >= 15 is 0 Å². The number of nitrogens with one attached hydrogen (secondary N) is 1. The van der Waals surface area contributed by atoms with E-state index in [-0.39, 0.29) is 5.91 Å². The number of para-hydroxylation sites is 1. The van der Waals surface area contributed by atoms with Gasteiger partial charge in [-0.1, -0.05) is 25.1 Å². The molecule has 0 aliphatic carbocycles. The van der Waals surface area contributed by atoms with Crippen molar-refractivity contribution in [1.82, 2.24) is 0 Å². The van der Waals surface area contributed by atoms with Crippen LogP contribution in [0.15, 0.2) is 24.3 Å². The highest BCUT2D eigenvalue weighted by Crippen LogP contribution is 2.15. The van der Waals surface area contributed by atoms with Crippen molar-refractivity contribution in [2.24, 2.45) is 5.73 Å². The summed E-state index contributed by atoms with van der Waals surface area (Å²) in [6.45, 7) is 2.07. The van der Waals surface area contributed by atoms with Gasteiger partial charge in [-0.2, -0.15) is 11.8 Å². The molecule has 0 spiro atoms. The van der Waals surface area contributed by atoms with Gasteiger partial charge in [0.25, 0.3) is 0 Å². The number of rotatable bonds is 6. The van der Waals surface area contributed by atoms with Crippen molar-refractivity contribution in [3.05, 3.63) is 29.8 Å². The molecule has 0 unspecified atom stereocenters. The monoisotopic (exact) mass is 252 g/mol. The lowest BCUT2D eigenvalue weighted by atomic mass is 10.1. The molecule has 0 bridgehead atoms. The molecule has 0 saturated carbocycles. The highest BCUT2D eigenvalue weighted by atomic mass is 32.2. The minimum Gasteiger partial charge on any atom is -0.324 e. The van der Waals surface area contributed by atoms with Crippen molar-refractivity contribution in [3.8, 4) is 0 Å². The quantitative estimate of drug-likeness (QED) is 0.816. The number of aryl methyl sites for hydroxylation is 1. The van der Waals surface area contributed by atoms with Gasteiger partial charge in [0.05, 0.1) is 6.04 Å². The minimum atomic E-state index is -0.424. The van der Waals surface area contributed by atoms with Gasteiger partial charge >= 0.3 is 0 Å². The maximum Gasteiger partial charge on any atom is 0.241 e. The van der Waals surface area contributed by atoms with Gasteiger partial charge in [-0.3, -0.25) is 4.79 Å². The number of amides is 1. The van der Waals surface area contributed by atoms with E-state index in [1.165, 1.54) is 0 Å². The van der Waals surface area contributed by atoms with Crippen molar-refractivity contribution in [2.45, 2.75) is 25.8 Å². The van der Waals surface area contributed by atoms with E-state index < -0.39 is 6.04 Å². The van der Waals surface area contributed by atoms with E-state index in [0.29, 0.717) is 6.42 Å². The summed E-state index contributed by atoms with van der Waals surface area (Å²) in [5.41, 5.74) is 7.83. The fraction of sp³-hybridized carbons (Fsp3) is 0.462. The molecule has 3 N–H and O–H groups in total. The van der Waals surface area contributed by atoms with Crippen molar-refractivity contribution in [1.29, 1.82) is 0 Å². The molecule has 0 saturated heterocycles. The topological polar surface area (TPSA) is 55.1 Å². The van der Waals surface area contributed by atoms with Gasteiger partial charge in [0.1, 0.15) is 0 Å². The number of anilines is 1. The Morgan fingerprint density at radius 2 is 2.18 bits per heavy atom. The third-order valence-corrected chi connectivity index (χ3v) is 3.27. The number of hydrogen-bond donors (Lipinski definition) is 2. The molecular weight excluding hydrogens is 232 g/mol. The summed E-state index contributed by atoms with van der Waals surface area (Å²) in [4.78, 5) is 11.8. The molecule has 0 fully saturated rings. The molecular formula is C13H20N2OS. The fourth-order valence-corrected chi connectivity index (χ4v) is 2.04. The van der Waals surface area contributed by atoms with Gasteiger partial charge in [-0.25, -0.2) is 0 Å². The summed E-state index contributed by atoms with van der Waals surface area (Å²) in [6.07, 6.45) is 3.62. The summed E-state index contributed by atoms with van der Waals surface area (Å²) in [6, 6.07) is 7.40. The van der Waals surface area contributed by atoms with Crippen molar-refractivity contribution in [2.75, 3.05) is 17.3 Å². The Morgan fingerprint density at radius 3 is 2.82 bits per heavy atom. The van der Waals surface area contributed by atoms with Crippen molar-refractivity contribution in [3.63, 3.8) is 0 Å². The fourth-order valence-electron chi connectivity index (χ4n) is 1.55. The van der Waals surface area contributed by atoms with Crippen molar-refractivity contribution >= 4 is 23.4 Å². The largest absolute Gasteiger partial charge is 0.324 e. The van der Waals surface area contributed by atoms with E-state index in [1.54, 1.807) is 11.8 Å². The second-order valence-corrected chi connectivity index (χ2v) is 4.87. The highest BCUT2D eigenvalue weighted by Gasteiger charge is 2.13. The number of carbonyl (C=O) groups excluding carboxylic acids is 1. The normalized spacial score (nSPS) is 12.2. The van der Waals surface area contributed by atoms with E-state index in [1.807, 2.05) is 30.5 Å². The number of carbonyl (C=O) groups is 1. The van der Waals surface area contributed by atoms with Gasteiger partial charge in [0.15, 0.2) is 0 Å². The van der Waals surface area contributed by atoms with Crippen LogP contribution in [0.3, 0.4) is 0 Å². The van der Waals surface area contributed by atoms with E-state index in [9.17, 15) is 4.79 Å². The van der Waals surface area contributed by atoms with Crippen LogP contribution < -0.4 is 11.1 Å². The lowest BCUT2D eigenvalue weighted by Gasteiger charge is -2.13. The molecule has 4 heteroatoms. The molecule has 3 nitrogen and oxygen atoms in total. The predicted molar refractivity (Wildman–Crippen MR) is 75.4 cm³/mol. The molecule has 0 aliphatic rings. The van der Waals surface area contributed by atoms with E-state index in [4.69, 9.17) is 5.73 Å². The molecule has 1 atom stereocenters. The summed E-state index contributed by atoms with van der Waals surface area (Å²) < 4.78 is 0. The van der Waals surface area contributed by atoms with Crippen LogP contribution in [0.2, 0.25) is 0 Å². The number of thioether (sulfide) groups is 1. The van der Waals surface area contributed by atoms with Gasteiger partial charge in [-0.15, -0.1) is 0 Å². The SMILES string of the molecule is CCc1ccccc1NC(=O)[C@@H](N)CCSC. The minimum absolute atomic E-state index is 0.0973. The first kappa shape index (κ1) is 14.1. The van der Waals surface area contributed by atoms with Gasteiger partial charge in [0.2, 0.25) is 5.91 Å². The standard InChI is InChI=1S/C13H20N2OS/c1-3-10-6-4-5-7-12(10)15-13(16)11(14)8-9-17-2/h4-7,11H,3,8-9,14H2,1-2H3,(H,15,16)/t11-/m0/s1. The van der Waals surface area contributed by atoms with Crippen LogP contribution in [-0.2, 0) is 11.2 Å². The Balaban J connectivity index is 2.61. The second-order valence-electron chi connectivity index (χ2n) is 3.89. The van der Waals surface area contributed by atoms with Crippen LogP contribution in [-0.4, -0.2) is 24.0 Å². The first-order valence-corrected chi connectivity index (χ1v) is 7.21. The lowest BCUT2D eigenvalue weighted by Crippen LogP contribution is -2.36. The third kappa shape index (κ3) is 4.40. The van der Waals surface area contributed by atoms with Crippen LogP contribution >= 0.6 is 11.8 Å². The molecule has 0 aliphatic heterocycles. The average molecular weight is 252 g/mol. The maximum atomic E-state index is 11.8. The molecule has 1 amide bonds. The van der Waals surface area contributed by atoms with Crippen LogP contribution in [0, 0.1) is 0 Å². The molecule has 1 aromatic carbocycles. The van der Waals surface area contributed by atoms with Crippen LogP contribution in [0.5, 0.6) is 0 Å². The van der Waals surface area contributed by atoms with Crippen LogP contribution in [0.4, 0.5) is 5.69 Å². The van der Waals surface area contributed by atoms with Crippen LogP contribution in [0.1, 0.15) is 18.9 Å². The smallest absolute Gasteiger partial charge is 0.241 e. The summed E-state index contributed by atoms with van der Waals surface area (Å²) >= 11 is 1.70. The average Bonchev–Trinajstić information content (AvgIpc) is 2.36. The molecule has 1 aromatic rings. The van der Waals surface area contributed by atoms with E-state index in [0.717, 1.165) is 23.4 Å². The van der Waals surface area contributed by atoms with Gasteiger partial charge in [0, 0.05) is 5.69 Å². The predicted octanol–water partition coefficient (Wildman–Crippen LogP) is 2.27. The first-order valence-electron chi connectivity index (χ1n) is 5.82. The summed E-state index contributed by atoms with van der Waals surface area (Å²) in [7, 11) is 0. The first-order chi connectivity index (χ1) is 8.19. The van der Waals surface area contributed by atoms with Crippen LogP contribution in [0.25, 0.3) is 0 Å². The van der Waals surface area contributed by atoms with Gasteiger partial charge < -0.3 is 11.1 Å². The number of nitrogens with two attached hydrogens (primary N) is 1. The second kappa shape index (κ2) is 7.35. The highest BCUT2D eigenvalue weighted by molar-refractivity contribution is 7.98. The Kier molecular flexibility index (Phi) is 6.08. The lowest BCUT2D eigenvalue weighted by molar-refractivity contribution is -0.117. The van der Waals surface area contributed by atoms with E-state index in [2.05, 4.69) is 12.2 Å². The molecule has 0 aromatic heterocycles. The third-order valence-electron chi connectivity index (χ3n) is 2.63. The molecule has 94 valence electrons. The van der Waals surface area contributed by atoms with Crippen molar-refractivity contribution < 1.29 is 4.79 Å². The zero-order valence-corrected chi connectivity index (χ0v) is 11.2. The maximum absolute atomic E-state index is 11.8. The zero-order chi connectivity index (χ0) is 12.7. The Bertz CT molecular complexity index is 368.